The summed E-state index contributed by atoms with van der Waals surface area (Å²) in [6, 6.07) is 10.9. The van der Waals surface area contributed by atoms with Gasteiger partial charge in [0.05, 0.1) is 10.6 Å². The summed E-state index contributed by atoms with van der Waals surface area (Å²) in [7, 11) is -3.88. The van der Waals surface area contributed by atoms with Crippen LogP contribution in [0.3, 0.4) is 0 Å². The van der Waals surface area contributed by atoms with E-state index >= 15 is 0 Å². The van der Waals surface area contributed by atoms with E-state index in [1.165, 1.54) is 12.1 Å². The topological polar surface area (TPSA) is 101 Å². The van der Waals surface area contributed by atoms with Gasteiger partial charge in [0.1, 0.15) is 0 Å². The van der Waals surface area contributed by atoms with Gasteiger partial charge in [-0.25, -0.2) is 8.42 Å². The number of rotatable bonds is 6. The van der Waals surface area contributed by atoms with Crippen molar-refractivity contribution in [1.29, 1.82) is 0 Å². The van der Waals surface area contributed by atoms with Crippen molar-refractivity contribution in [2.24, 2.45) is 5.73 Å². The quantitative estimate of drug-likeness (QED) is 0.652. The third-order valence-corrected chi connectivity index (χ3v) is 5.54. The second kappa shape index (κ2) is 8.93. The van der Waals surface area contributed by atoms with E-state index in [1.54, 1.807) is 51.1 Å². The molecular weight excluding hydrogens is 409 g/mol. The Bertz CT molecular complexity index is 931. The monoisotopic (exact) mass is 431 g/mol. The predicted molar refractivity (Wildman–Crippen MR) is 111 cm³/mol. The molecule has 0 atom stereocenters. The molecular formula is C18H23Cl2N3O3S. The first-order valence-corrected chi connectivity index (χ1v) is 9.82. The summed E-state index contributed by atoms with van der Waals surface area (Å²) >= 11 is 5.90. The van der Waals surface area contributed by atoms with E-state index in [1.807, 2.05) is 0 Å². The third kappa shape index (κ3) is 6.10. The smallest absolute Gasteiger partial charge is 0.262 e. The zero-order valence-electron chi connectivity index (χ0n) is 15.2. The summed E-state index contributed by atoms with van der Waals surface area (Å²) in [5.74, 6) is -0.389. The standard InChI is InChI=1S/C18H22ClN3O3S.ClH/c1-12-7-8-13(17(23)21-18(2,3)11-20)9-16(12)26(24,25)22-15-6-4-5-14(19)10-15;/h4-10,22H,11,20H2,1-3H3,(H,21,23);1H. The van der Waals surface area contributed by atoms with Crippen molar-refractivity contribution in [3.63, 3.8) is 0 Å². The van der Waals surface area contributed by atoms with Crippen LogP contribution in [0, 0.1) is 6.92 Å². The van der Waals surface area contributed by atoms with Crippen LogP contribution in [0.5, 0.6) is 0 Å². The zero-order chi connectivity index (χ0) is 19.5. The van der Waals surface area contributed by atoms with Crippen LogP contribution in [-0.2, 0) is 10.0 Å². The summed E-state index contributed by atoms with van der Waals surface area (Å²) in [5, 5.41) is 3.20. The lowest BCUT2D eigenvalue weighted by Crippen LogP contribution is -2.48. The molecule has 4 N–H and O–H groups in total. The van der Waals surface area contributed by atoms with Crippen molar-refractivity contribution in [2.75, 3.05) is 11.3 Å². The van der Waals surface area contributed by atoms with Crippen molar-refractivity contribution in [1.82, 2.24) is 5.32 Å². The van der Waals surface area contributed by atoms with Gasteiger partial charge in [0, 0.05) is 22.7 Å². The minimum absolute atomic E-state index is 0. The Morgan fingerprint density at radius 1 is 1.19 bits per heavy atom. The summed E-state index contributed by atoms with van der Waals surface area (Å²) in [6.45, 7) is 5.50. The largest absolute Gasteiger partial charge is 0.346 e. The molecule has 0 spiro atoms. The lowest BCUT2D eigenvalue weighted by atomic mass is 10.0. The second-order valence-corrected chi connectivity index (χ2v) is 8.73. The molecule has 9 heteroatoms. The van der Waals surface area contributed by atoms with E-state index in [4.69, 9.17) is 17.3 Å². The van der Waals surface area contributed by atoms with E-state index in [9.17, 15) is 13.2 Å². The Labute approximate surface area is 170 Å². The number of anilines is 1. The first kappa shape index (κ1) is 23.2. The van der Waals surface area contributed by atoms with Gasteiger partial charge in [0.2, 0.25) is 0 Å². The summed E-state index contributed by atoms with van der Waals surface area (Å²) in [6.07, 6.45) is 0. The number of carbonyl (C=O) groups is 1. The van der Waals surface area contributed by atoms with Crippen LogP contribution in [-0.4, -0.2) is 26.4 Å². The number of hydrogen-bond acceptors (Lipinski definition) is 4. The number of aryl methyl sites for hydroxylation is 1. The maximum atomic E-state index is 12.7. The molecule has 0 radical (unpaired) electrons. The van der Waals surface area contributed by atoms with Crippen LogP contribution in [0.15, 0.2) is 47.4 Å². The van der Waals surface area contributed by atoms with Crippen LogP contribution in [0.4, 0.5) is 5.69 Å². The Hall–Kier alpha value is -1.80. The minimum atomic E-state index is -3.88. The lowest BCUT2D eigenvalue weighted by molar-refractivity contribution is 0.0915. The average molecular weight is 432 g/mol. The van der Waals surface area contributed by atoms with Gasteiger partial charge in [-0.3, -0.25) is 9.52 Å². The molecule has 0 bridgehead atoms. The van der Waals surface area contributed by atoms with E-state index < -0.39 is 15.6 Å². The SMILES string of the molecule is Cc1ccc(C(=O)NC(C)(C)CN)cc1S(=O)(=O)Nc1cccc(Cl)c1.Cl. The lowest BCUT2D eigenvalue weighted by Gasteiger charge is -2.24. The van der Waals surface area contributed by atoms with Gasteiger partial charge in [-0.1, -0.05) is 23.7 Å². The predicted octanol–water partition coefficient (Wildman–Crippen LogP) is 3.34. The number of sulfonamides is 1. The summed E-state index contributed by atoms with van der Waals surface area (Å²) in [5.41, 5.74) is 6.13. The Kier molecular flexibility index (Phi) is 7.68. The fourth-order valence-electron chi connectivity index (χ4n) is 2.22. The number of hydrogen-bond donors (Lipinski definition) is 3. The first-order valence-electron chi connectivity index (χ1n) is 7.96. The zero-order valence-corrected chi connectivity index (χ0v) is 17.6. The third-order valence-electron chi connectivity index (χ3n) is 3.78. The fourth-order valence-corrected chi connectivity index (χ4v) is 3.74. The Morgan fingerprint density at radius 3 is 2.44 bits per heavy atom. The normalized spacial score (nSPS) is 11.4. The second-order valence-electron chi connectivity index (χ2n) is 6.64. The molecule has 0 aliphatic heterocycles. The summed E-state index contributed by atoms with van der Waals surface area (Å²) in [4.78, 5) is 12.4. The van der Waals surface area contributed by atoms with Crippen LogP contribution >= 0.6 is 24.0 Å². The van der Waals surface area contributed by atoms with E-state index in [0.717, 1.165) is 0 Å². The van der Waals surface area contributed by atoms with Crippen molar-refractivity contribution in [3.05, 3.63) is 58.6 Å². The van der Waals surface area contributed by atoms with Gasteiger partial charge < -0.3 is 11.1 Å². The number of benzene rings is 2. The van der Waals surface area contributed by atoms with Crippen molar-refractivity contribution < 1.29 is 13.2 Å². The highest BCUT2D eigenvalue weighted by atomic mass is 35.5. The van der Waals surface area contributed by atoms with E-state index in [0.29, 0.717) is 16.3 Å². The molecule has 2 aromatic rings. The van der Waals surface area contributed by atoms with Crippen LogP contribution in [0.1, 0.15) is 29.8 Å². The number of nitrogens with one attached hydrogen (secondary N) is 2. The number of halogens is 2. The number of carbonyl (C=O) groups excluding carboxylic acids is 1. The number of amides is 1. The fraction of sp³-hybridized carbons (Fsp3) is 0.278. The number of nitrogens with two attached hydrogens (primary N) is 1. The Morgan fingerprint density at radius 2 is 1.85 bits per heavy atom. The molecule has 0 fully saturated rings. The van der Waals surface area contributed by atoms with E-state index in [2.05, 4.69) is 10.0 Å². The molecule has 2 aromatic carbocycles. The van der Waals surface area contributed by atoms with Crippen LogP contribution in [0.25, 0.3) is 0 Å². The molecule has 0 saturated heterocycles. The molecule has 27 heavy (non-hydrogen) atoms. The maximum Gasteiger partial charge on any atom is 0.262 e. The van der Waals surface area contributed by atoms with Gasteiger partial charge in [-0.15, -0.1) is 12.4 Å². The molecule has 6 nitrogen and oxygen atoms in total. The van der Waals surface area contributed by atoms with Gasteiger partial charge in [-0.05, 0) is 56.7 Å². The van der Waals surface area contributed by atoms with Crippen molar-refractivity contribution in [3.8, 4) is 0 Å². The van der Waals surface area contributed by atoms with Crippen LogP contribution in [0.2, 0.25) is 5.02 Å². The molecule has 0 aromatic heterocycles. The van der Waals surface area contributed by atoms with Gasteiger partial charge >= 0.3 is 0 Å². The van der Waals surface area contributed by atoms with Gasteiger partial charge in [-0.2, -0.15) is 0 Å². The average Bonchev–Trinajstić information content (AvgIpc) is 2.54. The molecule has 1 amide bonds. The highest BCUT2D eigenvalue weighted by molar-refractivity contribution is 7.92. The highest BCUT2D eigenvalue weighted by Gasteiger charge is 2.22. The van der Waals surface area contributed by atoms with Crippen molar-refractivity contribution >= 4 is 45.6 Å². The molecule has 0 heterocycles. The van der Waals surface area contributed by atoms with Gasteiger partial charge in [0.25, 0.3) is 15.9 Å². The van der Waals surface area contributed by atoms with Gasteiger partial charge in [0.15, 0.2) is 0 Å². The minimum Gasteiger partial charge on any atom is -0.346 e. The molecule has 2 rings (SSSR count). The maximum absolute atomic E-state index is 12.7. The first-order chi connectivity index (χ1) is 12.0. The van der Waals surface area contributed by atoms with Crippen LogP contribution < -0.4 is 15.8 Å². The highest BCUT2D eigenvalue weighted by Crippen LogP contribution is 2.23. The van der Waals surface area contributed by atoms with E-state index in [-0.39, 0.29) is 35.3 Å². The molecule has 0 aliphatic rings. The summed E-state index contributed by atoms with van der Waals surface area (Å²) < 4.78 is 28.0. The molecule has 148 valence electrons. The molecule has 0 aliphatic carbocycles. The molecule has 0 unspecified atom stereocenters. The molecule has 0 saturated carbocycles. The van der Waals surface area contributed by atoms with Crippen molar-refractivity contribution in [2.45, 2.75) is 31.2 Å². The Balaban J connectivity index is 0.00000364.